The molecule has 16 heavy (non-hydrogen) atoms. The Hall–Kier alpha value is -1.32. The summed E-state index contributed by atoms with van der Waals surface area (Å²) >= 11 is 0. The second-order valence-corrected chi connectivity index (χ2v) is 4.68. The van der Waals surface area contributed by atoms with Gasteiger partial charge in [-0.3, -0.25) is 4.98 Å². The lowest BCUT2D eigenvalue weighted by Gasteiger charge is -2.37. The maximum Gasteiger partial charge on any atom is 0.149 e. The van der Waals surface area contributed by atoms with E-state index in [9.17, 15) is 0 Å². The number of anilines is 2. The number of hydrogen-bond donors (Lipinski definition) is 1. The number of rotatable bonds is 2. The highest BCUT2D eigenvalue weighted by Gasteiger charge is 2.23. The second kappa shape index (κ2) is 4.68. The van der Waals surface area contributed by atoms with Crippen molar-refractivity contribution in [2.75, 3.05) is 23.8 Å². The van der Waals surface area contributed by atoms with Crippen LogP contribution in [0.15, 0.2) is 12.4 Å². The van der Waals surface area contributed by atoms with Crippen LogP contribution in [0.2, 0.25) is 0 Å². The molecule has 1 saturated heterocycles. The third kappa shape index (κ3) is 2.26. The first kappa shape index (κ1) is 11.2. The summed E-state index contributed by atoms with van der Waals surface area (Å²) in [4.78, 5) is 11.1. The summed E-state index contributed by atoms with van der Waals surface area (Å²) in [7, 11) is 1.87. The number of hydrogen-bond acceptors (Lipinski definition) is 4. The van der Waals surface area contributed by atoms with Gasteiger partial charge in [-0.2, -0.15) is 0 Å². The third-order valence-electron chi connectivity index (χ3n) is 3.31. The molecule has 0 bridgehead atoms. The van der Waals surface area contributed by atoms with Crippen LogP contribution in [0.5, 0.6) is 0 Å². The van der Waals surface area contributed by atoms with E-state index in [4.69, 9.17) is 0 Å². The van der Waals surface area contributed by atoms with E-state index in [0.717, 1.165) is 24.1 Å². The molecule has 4 nitrogen and oxygen atoms in total. The predicted molar refractivity (Wildman–Crippen MR) is 66.8 cm³/mol. The van der Waals surface area contributed by atoms with Crippen LogP contribution in [0, 0.1) is 5.92 Å². The molecule has 1 fully saturated rings. The van der Waals surface area contributed by atoms with Crippen LogP contribution in [-0.4, -0.2) is 29.6 Å². The van der Waals surface area contributed by atoms with Crippen molar-refractivity contribution >= 4 is 11.6 Å². The van der Waals surface area contributed by atoms with E-state index in [0.29, 0.717) is 6.04 Å². The molecule has 0 amide bonds. The average molecular weight is 220 g/mol. The molecule has 0 saturated carbocycles. The molecule has 1 aliphatic rings. The Morgan fingerprint density at radius 2 is 2.19 bits per heavy atom. The van der Waals surface area contributed by atoms with Crippen LogP contribution in [0.3, 0.4) is 0 Å². The van der Waals surface area contributed by atoms with Crippen molar-refractivity contribution in [3.05, 3.63) is 12.4 Å². The standard InChI is InChI=1S/C12H20N4/c1-9-4-5-16(10(2)6-9)12-8-14-7-11(13-3)15-12/h7-10H,4-6H2,1-3H3,(H,13,15). The predicted octanol–water partition coefficient (Wildman–Crippen LogP) is 2.14. The minimum atomic E-state index is 0.560. The summed E-state index contributed by atoms with van der Waals surface area (Å²) in [5, 5.41) is 3.03. The van der Waals surface area contributed by atoms with Gasteiger partial charge in [0, 0.05) is 19.6 Å². The van der Waals surface area contributed by atoms with Gasteiger partial charge >= 0.3 is 0 Å². The molecular formula is C12H20N4. The monoisotopic (exact) mass is 220 g/mol. The molecule has 88 valence electrons. The van der Waals surface area contributed by atoms with Crippen molar-refractivity contribution in [2.45, 2.75) is 32.7 Å². The van der Waals surface area contributed by atoms with Gasteiger partial charge in [-0.05, 0) is 25.7 Å². The van der Waals surface area contributed by atoms with E-state index in [2.05, 4.69) is 34.0 Å². The van der Waals surface area contributed by atoms with Gasteiger partial charge < -0.3 is 10.2 Å². The molecule has 0 aromatic carbocycles. The summed E-state index contributed by atoms with van der Waals surface area (Å²) in [6.45, 7) is 5.68. The van der Waals surface area contributed by atoms with E-state index in [-0.39, 0.29) is 0 Å². The first-order valence-corrected chi connectivity index (χ1v) is 5.97. The van der Waals surface area contributed by atoms with E-state index in [1.807, 2.05) is 13.2 Å². The normalized spacial score (nSPS) is 25.6. The fourth-order valence-electron chi connectivity index (χ4n) is 2.36. The molecule has 2 unspecified atom stereocenters. The summed E-state index contributed by atoms with van der Waals surface area (Å²) in [6, 6.07) is 0.560. The number of nitrogens with one attached hydrogen (secondary N) is 1. The summed E-state index contributed by atoms with van der Waals surface area (Å²) in [5.41, 5.74) is 0. The first-order valence-electron chi connectivity index (χ1n) is 5.97. The Morgan fingerprint density at radius 1 is 1.38 bits per heavy atom. The van der Waals surface area contributed by atoms with Crippen LogP contribution >= 0.6 is 0 Å². The van der Waals surface area contributed by atoms with Gasteiger partial charge in [0.2, 0.25) is 0 Å². The molecule has 0 spiro atoms. The molecule has 2 heterocycles. The lowest BCUT2D eigenvalue weighted by atomic mass is 9.93. The van der Waals surface area contributed by atoms with Crippen LogP contribution in [-0.2, 0) is 0 Å². The molecule has 2 rings (SSSR count). The SMILES string of the molecule is CNc1cncc(N2CCC(C)CC2C)n1. The molecule has 0 radical (unpaired) electrons. The van der Waals surface area contributed by atoms with Gasteiger partial charge in [-0.15, -0.1) is 0 Å². The van der Waals surface area contributed by atoms with Crippen LogP contribution < -0.4 is 10.2 Å². The quantitative estimate of drug-likeness (QED) is 0.829. The van der Waals surface area contributed by atoms with Gasteiger partial charge in [0.05, 0.1) is 12.4 Å². The Morgan fingerprint density at radius 3 is 2.88 bits per heavy atom. The molecule has 0 aliphatic carbocycles. The average Bonchev–Trinajstić information content (AvgIpc) is 2.29. The van der Waals surface area contributed by atoms with Crippen molar-refractivity contribution in [3.63, 3.8) is 0 Å². The topological polar surface area (TPSA) is 41.1 Å². The zero-order chi connectivity index (χ0) is 11.5. The van der Waals surface area contributed by atoms with Gasteiger partial charge in [-0.1, -0.05) is 6.92 Å². The largest absolute Gasteiger partial charge is 0.372 e. The lowest BCUT2D eigenvalue weighted by Crippen LogP contribution is -2.40. The minimum Gasteiger partial charge on any atom is -0.372 e. The van der Waals surface area contributed by atoms with Crippen molar-refractivity contribution < 1.29 is 0 Å². The zero-order valence-electron chi connectivity index (χ0n) is 10.3. The Kier molecular flexibility index (Phi) is 3.27. The third-order valence-corrected chi connectivity index (χ3v) is 3.31. The van der Waals surface area contributed by atoms with E-state index in [1.54, 1.807) is 6.20 Å². The van der Waals surface area contributed by atoms with Gasteiger partial charge in [0.15, 0.2) is 0 Å². The zero-order valence-corrected chi connectivity index (χ0v) is 10.3. The number of aromatic nitrogens is 2. The minimum absolute atomic E-state index is 0.560. The smallest absolute Gasteiger partial charge is 0.149 e. The van der Waals surface area contributed by atoms with Gasteiger partial charge in [0.25, 0.3) is 0 Å². The highest BCUT2D eigenvalue weighted by atomic mass is 15.2. The summed E-state index contributed by atoms with van der Waals surface area (Å²) in [5.74, 6) is 2.65. The Balaban J connectivity index is 2.16. The first-order chi connectivity index (χ1) is 7.70. The molecular weight excluding hydrogens is 200 g/mol. The fraction of sp³-hybridized carbons (Fsp3) is 0.667. The highest BCUT2D eigenvalue weighted by Crippen LogP contribution is 2.26. The maximum atomic E-state index is 4.54. The lowest BCUT2D eigenvalue weighted by molar-refractivity contribution is 0.376. The fourth-order valence-corrected chi connectivity index (χ4v) is 2.36. The maximum absolute atomic E-state index is 4.54. The Bertz CT molecular complexity index is 353. The van der Waals surface area contributed by atoms with Crippen LogP contribution in [0.1, 0.15) is 26.7 Å². The summed E-state index contributed by atoms with van der Waals surface area (Å²) in [6.07, 6.45) is 6.09. The molecule has 1 aromatic heterocycles. The van der Waals surface area contributed by atoms with E-state index >= 15 is 0 Å². The van der Waals surface area contributed by atoms with Crippen LogP contribution in [0.4, 0.5) is 11.6 Å². The van der Waals surface area contributed by atoms with Gasteiger partial charge in [-0.25, -0.2) is 4.98 Å². The highest BCUT2D eigenvalue weighted by molar-refractivity contribution is 5.44. The van der Waals surface area contributed by atoms with Crippen molar-refractivity contribution in [2.24, 2.45) is 5.92 Å². The molecule has 4 heteroatoms. The molecule has 1 N–H and O–H groups in total. The summed E-state index contributed by atoms with van der Waals surface area (Å²) < 4.78 is 0. The number of piperidine rings is 1. The van der Waals surface area contributed by atoms with Crippen molar-refractivity contribution in [3.8, 4) is 0 Å². The van der Waals surface area contributed by atoms with Crippen LogP contribution in [0.25, 0.3) is 0 Å². The molecule has 1 aliphatic heterocycles. The van der Waals surface area contributed by atoms with E-state index < -0.39 is 0 Å². The van der Waals surface area contributed by atoms with E-state index in [1.165, 1.54) is 12.8 Å². The van der Waals surface area contributed by atoms with Crippen molar-refractivity contribution in [1.82, 2.24) is 9.97 Å². The van der Waals surface area contributed by atoms with Gasteiger partial charge in [0.1, 0.15) is 11.6 Å². The second-order valence-electron chi connectivity index (χ2n) is 4.68. The molecule has 1 aromatic rings. The Labute approximate surface area is 97.1 Å². The number of nitrogens with zero attached hydrogens (tertiary/aromatic N) is 3. The molecule has 2 atom stereocenters. The van der Waals surface area contributed by atoms with Crippen molar-refractivity contribution in [1.29, 1.82) is 0 Å².